The fourth-order valence-electron chi connectivity index (χ4n) is 5.06. The molecule has 0 amide bonds. The number of anilines is 1. The average Bonchev–Trinajstić information content (AvgIpc) is 3.01. The maximum Gasteiger partial charge on any atom is 0.208 e. The first kappa shape index (κ1) is 18.8. The molecule has 7 heteroatoms. The first-order valence-electron chi connectivity index (χ1n) is 11.0. The zero-order valence-electron chi connectivity index (χ0n) is 16.9. The van der Waals surface area contributed by atoms with Crippen LogP contribution < -0.4 is 5.32 Å². The van der Waals surface area contributed by atoms with Crippen molar-refractivity contribution in [3.63, 3.8) is 0 Å². The van der Waals surface area contributed by atoms with Crippen molar-refractivity contribution in [2.75, 3.05) is 5.32 Å². The molecule has 3 N–H and O–H groups in total. The highest BCUT2D eigenvalue weighted by Gasteiger charge is 2.60. The van der Waals surface area contributed by atoms with Crippen molar-refractivity contribution < 1.29 is 10.2 Å². The number of unbranched alkanes of at least 4 members (excludes halogenated alkanes) is 2. The molecule has 3 aliphatic rings. The maximum atomic E-state index is 10.6. The molecule has 3 fully saturated rings. The van der Waals surface area contributed by atoms with Gasteiger partial charge in [0, 0.05) is 12.5 Å². The average molecular weight is 396 g/mol. The second-order valence-corrected chi connectivity index (χ2v) is 8.79. The van der Waals surface area contributed by atoms with E-state index in [1.807, 2.05) is 4.57 Å². The summed E-state index contributed by atoms with van der Waals surface area (Å²) in [6.07, 6.45) is 9.01. The van der Waals surface area contributed by atoms with E-state index in [1.165, 1.54) is 12.8 Å². The summed E-state index contributed by atoms with van der Waals surface area (Å²) in [5.74, 6) is 8.02. The Balaban J connectivity index is 1.54. The van der Waals surface area contributed by atoms with Crippen molar-refractivity contribution in [1.29, 1.82) is 0 Å². The van der Waals surface area contributed by atoms with Crippen molar-refractivity contribution in [3.8, 4) is 11.8 Å². The highest BCUT2D eigenvalue weighted by molar-refractivity contribution is 5.83. The molecule has 2 aromatic heterocycles. The number of imidazole rings is 1. The van der Waals surface area contributed by atoms with Crippen molar-refractivity contribution >= 4 is 17.0 Å². The number of hydrogen-bond acceptors (Lipinski definition) is 6. The van der Waals surface area contributed by atoms with Gasteiger partial charge in [0.1, 0.15) is 6.10 Å². The van der Waals surface area contributed by atoms with Gasteiger partial charge in [-0.3, -0.25) is 0 Å². The van der Waals surface area contributed by atoms with Crippen LogP contribution in [0.5, 0.6) is 0 Å². The molecule has 0 aromatic carbocycles. The summed E-state index contributed by atoms with van der Waals surface area (Å²) in [5, 5.41) is 24.4. The Morgan fingerprint density at radius 1 is 1.17 bits per heavy atom. The van der Waals surface area contributed by atoms with E-state index in [9.17, 15) is 10.2 Å². The molecule has 3 aliphatic carbocycles. The number of nitrogens with one attached hydrogen (secondary N) is 1. The quantitative estimate of drug-likeness (QED) is 0.532. The molecular formula is C22H29N5O2. The number of hydrogen-bond donors (Lipinski definition) is 3. The topological polar surface area (TPSA) is 96.1 Å². The highest BCUT2D eigenvalue weighted by Crippen LogP contribution is 2.57. The second-order valence-electron chi connectivity index (χ2n) is 8.79. The Labute approximate surface area is 171 Å². The van der Waals surface area contributed by atoms with Crippen LogP contribution in [0.3, 0.4) is 0 Å². The van der Waals surface area contributed by atoms with Gasteiger partial charge in [-0.05, 0) is 43.4 Å². The molecule has 0 bridgehead atoms. The Morgan fingerprint density at radius 3 is 2.72 bits per heavy atom. The lowest BCUT2D eigenvalue weighted by atomic mass is 10.1. The molecular weight excluding hydrogens is 366 g/mol. The lowest BCUT2D eigenvalue weighted by Crippen LogP contribution is -2.31. The molecule has 3 saturated carbocycles. The fraction of sp³-hybridized carbons (Fsp3) is 0.682. The standard InChI is InChI=1S/C22H29N5O2/c1-2-3-4-5-10-16-25-21(24-13-8-6-7-9-13)17-22(26-16)27(12-23-17)18-14-11-15(14)19(28)20(18)29/h12-15,18-20,28-29H,2-4,6-9,11H2,1H3,(H,24,25,26)/t14-,15+,18+,19+,20-/m0/s1. The van der Waals surface area contributed by atoms with Gasteiger partial charge in [0.15, 0.2) is 17.0 Å². The van der Waals surface area contributed by atoms with Gasteiger partial charge >= 0.3 is 0 Å². The normalized spacial score (nSPS) is 30.9. The minimum Gasteiger partial charge on any atom is -0.390 e. The number of fused-ring (bicyclic) bond motifs is 2. The van der Waals surface area contributed by atoms with Crippen LogP contribution in [0.25, 0.3) is 11.2 Å². The van der Waals surface area contributed by atoms with Gasteiger partial charge in [-0.1, -0.05) is 32.1 Å². The van der Waals surface area contributed by atoms with E-state index in [0.29, 0.717) is 17.5 Å². The van der Waals surface area contributed by atoms with E-state index in [4.69, 9.17) is 4.98 Å². The molecule has 0 aliphatic heterocycles. The first-order chi connectivity index (χ1) is 14.2. The Kier molecular flexibility index (Phi) is 4.92. The van der Waals surface area contributed by atoms with Crippen LogP contribution in [0.15, 0.2) is 6.33 Å². The van der Waals surface area contributed by atoms with Crippen molar-refractivity contribution in [2.45, 2.75) is 82.6 Å². The minimum absolute atomic E-state index is 0.185. The molecule has 5 atom stereocenters. The number of nitrogens with zero attached hydrogens (tertiary/aromatic N) is 4. The van der Waals surface area contributed by atoms with E-state index in [2.05, 4.69) is 34.0 Å². The second kappa shape index (κ2) is 7.58. The number of aliphatic hydroxyl groups is 2. The van der Waals surface area contributed by atoms with E-state index in [-0.39, 0.29) is 17.9 Å². The van der Waals surface area contributed by atoms with Crippen molar-refractivity contribution in [3.05, 3.63) is 12.2 Å². The number of rotatable bonds is 5. The van der Waals surface area contributed by atoms with Crippen LogP contribution in [0.1, 0.15) is 70.2 Å². The number of aromatic nitrogens is 4. The smallest absolute Gasteiger partial charge is 0.208 e. The lowest BCUT2D eigenvalue weighted by Gasteiger charge is -2.22. The summed E-state index contributed by atoms with van der Waals surface area (Å²) in [4.78, 5) is 14.0. The molecule has 2 heterocycles. The predicted octanol–water partition coefficient (Wildman–Crippen LogP) is 2.64. The monoisotopic (exact) mass is 395 g/mol. The van der Waals surface area contributed by atoms with Crippen LogP contribution >= 0.6 is 0 Å². The molecule has 0 spiro atoms. The molecule has 2 aromatic rings. The van der Waals surface area contributed by atoms with Crippen LogP contribution in [-0.2, 0) is 0 Å². The Morgan fingerprint density at radius 2 is 2.00 bits per heavy atom. The third-order valence-corrected chi connectivity index (χ3v) is 6.76. The Bertz CT molecular complexity index is 955. The fourth-order valence-corrected chi connectivity index (χ4v) is 5.06. The summed E-state index contributed by atoms with van der Waals surface area (Å²) in [7, 11) is 0. The third kappa shape index (κ3) is 3.38. The first-order valence-corrected chi connectivity index (χ1v) is 11.0. The Hall–Kier alpha value is -2.17. The van der Waals surface area contributed by atoms with Gasteiger partial charge in [0.25, 0.3) is 0 Å². The highest BCUT2D eigenvalue weighted by atomic mass is 16.3. The molecule has 0 unspecified atom stereocenters. The van der Waals surface area contributed by atoms with E-state index >= 15 is 0 Å². The van der Waals surface area contributed by atoms with E-state index < -0.39 is 12.2 Å². The number of aliphatic hydroxyl groups excluding tert-OH is 2. The molecule has 5 rings (SSSR count). The molecule has 0 radical (unpaired) electrons. The summed E-state index contributed by atoms with van der Waals surface area (Å²) in [6.45, 7) is 2.15. The van der Waals surface area contributed by atoms with Crippen LogP contribution in [-0.4, -0.2) is 48.0 Å². The van der Waals surface area contributed by atoms with Crippen molar-refractivity contribution in [1.82, 2.24) is 19.5 Å². The maximum absolute atomic E-state index is 10.6. The summed E-state index contributed by atoms with van der Waals surface area (Å²) in [5.41, 5.74) is 1.42. The SMILES string of the molecule is CCCCC#Cc1nc(NC2CCCC2)c2ncn([C@H]3[C@H](O)[C@H](O)[C@@H]4C[C@@H]43)c2n1. The van der Waals surface area contributed by atoms with E-state index in [1.54, 1.807) is 6.33 Å². The predicted molar refractivity (Wildman–Crippen MR) is 110 cm³/mol. The summed E-state index contributed by atoms with van der Waals surface area (Å²) in [6, 6.07) is 0.223. The van der Waals surface area contributed by atoms with Crippen LogP contribution in [0.2, 0.25) is 0 Å². The van der Waals surface area contributed by atoms with Gasteiger partial charge in [0.2, 0.25) is 5.82 Å². The minimum atomic E-state index is -0.781. The van der Waals surface area contributed by atoms with Gasteiger partial charge in [-0.2, -0.15) is 0 Å². The third-order valence-electron chi connectivity index (χ3n) is 6.76. The lowest BCUT2D eigenvalue weighted by molar-refractivity contribution is 0.00386. The summed E-state index contributed by atoms with van der Waals surface area (Å²) < 4.78 is 1.94. The van der Waals surface area contributed by atoms with Crippen molar-refractivity contribution in [2.24, 2.45) is 11.8 Å². The van der Waals surface area contributed by atoms with Crippen LogP contribution in [0, 0.1) is 23.7 Å². The molecule has 29 heavy (non-hydrogen) atoms. The van der Waals surface area contributed by atoms with Gasteiger partial charge < -0.3 is 20.1 Å². The molecule has 154 valence electrons. The molecule has 7 nitrogen and oxygen atoms in total. The zero-order valence-corrected chi connectivity index (χ0v) is 16.9. The van der Waals surface area contributed by atoms with Gasteiger partial charge in [0.05, 0.1) is 18.5 Å². The largest absolute Gasteiger partial charge is 0.390 e. The zero-order chi connectivity index (χ0) is 20.0. The van der Waals surface area contributed by atoms with Gasteiger partial charge in [-0.15, -0.1) is 0 Å². The van der Waals surface area contributed by atoms with Crippen LogP contribution in [0.4, 0.5) is 5.82 Å². The summed E-state index contributed by atoms with van der Waals surface area (Å²) >= 11 is 0. The molecule has 0 saturated heterocycles. The van der Waals surface area contributed by atoms with Gasteiger partial charge in [-0.25, -0.2) is 15.0 Å². The van der Waals surface area contributed by atoms with E-state index in [0.717, 1.165) is 49.9 Å².